The summed E-state index contributed by atoms with van der Waals surface area (Å²) in [5.41, 5.74) is 0.918. The molecule has 1 aliphatic rings. The first-order valence-electron chi connectivity index (χ1n) is 6.25. The molecule has 1 aliphatic heterocycles. The highest BCUT2D eigenvalue weighted by molar-refractivity contribution is 9.10. The molecule has 4 nitrogen and oxygen atoms in total. The van der Waals surface area contributed by atoms with Gasteiger partial charge in [-0.2, -0.15) is 4.31 Å². The summed E-state index contributed by atoms with van der Waals surface area (Å²) in [6.07, 6.45) is 1.51. The Morgan fingerprint density at radius 2 is 1.95 bits per heavy atom. The van der Waals surface area contributed by atoms with E-state index in [2.05, 4.69) is 15.9 Å². The smallest absolute Gasteiger partial charge is 0.243 e. The van der Waals surface area contributed by atoms with Crippen molar-refractivity contribution in [1.82, 2.24) is 4.31 Å². The molecule has 0 radical (unpaired) electrons. The van der Waals surface area contributed by atoms with E-state index in [1.165, 1.54) is 4.31 Å². The lowest BCUT2D eigenvalue weighted by Gasteiger charge is -2.30. The van der Waals surface area contributed by atoms with E-state index in [1.54, 1.807) is 25.2 Å². The molecule has 106 valence electrons. The van der Waals surface area contributed by atoms with E-state index in [0.29, 0.717) is 18.1 Å². The van der Waals surface area contributed by atoms with Crippen LogP contribution in [0.4, 0.5) is 0 Å². The fraction of sp³-hybridized carbons (Fsp3) is 0.538. The second-order valence-electron chi connectivity index (χ2n) is 4.78. The number of hydrogen-bond donors (Lipinski definition) is 0. The van der Waals surface area contributed by atoms with Gasteiger partial charge in [-0.1, -0.05) is 15.9 Å². The van der Waals surface area contributed by atoms with Gasteiger partial charge in [0.25, 0.3) is 0 Å². The number of sulfonamides is 1. The van der Waals surface area contributed by atoms with Crippen molar-refractivity contribution in [1.29, 1.82) is 0 Å². The molecule has 0 aromatic heterocycles. The van der Waals surface area contributed by atoms with Crippen molar-refractivity contribution in [3.8, 4) is 0 Å². The summed E-state index contributed by atoms with van der Waals surface area (Å²) in [5.74, 6) is 0. The highest BCUT2D eigenvalue weighted by Crippen LogP contribution is 2.25. The third kappa shape index (κ3) is 3.18. The first-order chi connectivity index (χ1) is 8.93. The topological polar surface area (TPSA) is 46.6 Å². The van der Waals surface area contributed by atoms with Crippen LogP contribution in [0.15, 0.2) is 27.6 Å². The molecular weight excluding hydrogens is 330 g/mol. The van der Waals surface area contributed by atoms with Crippen LogP contribution < -0.4 is 0 Å². The van der Waals surface area contributed by atoms with Crippen molar-refractivity contribution in [3.63, 3.8) is 0 Å². The van der Waals surface area contributed by atoms with Crippen LogP contribution in [0.1, 0.15) is 18.4 Å². The van der Waals surface area contributed by atoms with Crippen LogP contribution in [0.5, 0.6) is 0 Å². The Morgan fingerprint density at radius 1 is 1.32 bits per heavy atom. The maximum atomic E-state index is 12.6. The van der Waals surface area contributed by atoms with Gasteiger partial charge >= 0.3 is 0 Å². The van der Waals surface area contributed by atoms with Crippen molar-refractivity contribution < 1.29 is 13.2 Å². The van der Waals surface area contributed by atoms with E-state index in [0.717, 1.165) is 22.9 Å². The molecule has 0 spiro atoms. The summed E-state index contributed by atoms with van der Waals surface area (Å²) in [6.45, 7) is 3.14. The van der Waals surface area contributed by atoms with Crippen LogP contribution in [-0.4, -0.2) is 39.0 Å². The average Bonchev–Trinajstić information content (AvgIpc) is 2.41. The predicted molar refractivity (Wildman–Crippen MR) is 77.7 cm³/mol. The largest absolute Gasteiger partial charge is 0.381 e. The number of benzene rings is 1. The maximum absolute atomic E-state index is 12.6. The Balaban J connectivity index is 2.27. The van der Waals surface area contributed by atoms with E-state index in [1.807, 2.05) is 6.92 Å². The molecular formula is C13H18BrNO3S. The molecule has 0 N–H and O–H groups in total. The molecule has 2 rings (SSSR count). The minimum atomic E-state index is -3.42. The molecule has 0 aliphatic carbocycles. The Labute approximate surface area is 122 Å². The predicted octanol–water partition coefficient (Wildman–Crippen LogP) is 2.56. The van der Waals surface area contributed by atoms with Crippen molar-refractivity contribution >= 4 is 26.0 Å². The number of hydrogen-bond acceptors (Lipinski definition) is 3. The third-order valence-corrected chi connectivity index (χ3v) is 6.31. The lowest BCUT2D eigenvalue weighted by Crippen LogP contribution is -2.40. The van der Waals surface area contributed by atoms with Gasteiger partial charge < -0.3 is 4.74 Å². The third-order valence-electron chi connectivity index (χ3n) is 3.51. The van der Waals surface area contributed by atoms with Crippen LogP contribution in [-0.2, 0) is 14.8 Å². The molecule has 1 saturated heterocycles. The lowest BCUT2D eigenvalue weighted by atomic mass is 10.1. The molecule has 0 amide bonds. The summed E-state index contributed by atoms with van der Waals surface area (Å²) in [4.78, 5) is 0.349. The average molecular weight is 348 g/mol. The van der Waals surface area contributed by atoms with Crippen molar-refractivity contribution in [2.24, 2.45) is 0 Å². The Hall–Kier alpha value is -0.430. The number of ether oxygens (including phenoxy) is 1. The second-order valence-corrected chi connectivity index (χ2v) is 7.63. The van der Waals surface area contributed by atoms with Crippen LogP contribution in [0.2, 0.25) is 0 Å². The van der Waals surface area contributed by atoms with Crippen LogP contribution >= 0.6 is 15.9 Å². The molecule has 1 fully saturated rings. The molecule has 6 heteroatoms. The second kappa shape index (κ2) is 5.91. The van der Waals surface area contributed by atoms with Gasteiger partial charge in [0.15, 0.2) is 0 Å². The van der Waals surface area contributed by atoms with E-state index >= 15 is 0 Å². The molecule has 0 atom stereocenters. The minimum absolute atomic E-state index is 0.0303. The van der Waals surface area contributed by atoms with Gasteiger partial charge in [0.1, 0.15) is 0 Å². The summed E-state index contributed by atoms with van der Waals surface area (Å²) >= 11 is 3.38. The van der Waals surface area contributed by atoms with Gasteiger partial charge in [-0.25, -0.2) is 8.42 Å². The lowest BCUT2D eigenvalue weighted by molar-refractivity contribution is 0.0632. The van der Waals surface area contributed by atoms with E-state index in [-0.39, 0.29) is 6.04 Å². The minimum Gasteiger partial charge on any atom is -0.381 e. The Bertz CT molecular complexity index is 553. The van der Waals surface area contributed by atoms with Gasteiger partial charge in [0, 0.05) is 30.8 Å². The normalized spacial score (nSPS) is 17.9. The number of halogens is 1. The Kier molecular flexibility index (Phi) is 4.66. The zero-order valence-electron chi connectivity index (χ0n) is 11.1. The van der Waals surface area contributed by atoms with Gasteiger partial charge in [-0.3, -0.25) is 0 Å². The van der Waals surface area contributed by atoms with Crippen LogP contribution in [0.3, 0.4) is 0 Å². The van der Waals surface area contributed by atoms with E-state index in [4.69, 9.17) is 4.74 Å². The standard InChI is InChI=1S/C13H18BrNO3S/c1-10-9-12(3-4-13(10)14)19(16,17)15(2)11-5-7-18-8-6-11/h3-4,9,11H,5-8H2,1-2H3. The van der Waals surface area contributed by atoms with Crippen molar-refractivity contribution in [3.05, 3.63) is 28.2 Å². The van der Waals surface area contributed by atoms with Gasteiger partial charge in [0.05, 0.1) is 4.90 Å². The highest BCUT2D eigenvalue weighted by atomic mass is 79.9. The van der Waals surface area contributed by atoms with Gasteiger partial charge in [-0.15, -0.1) is 0 Å². The highest BCUT2D eigenvalue weighted by Gasteiger charge is 2.29. The maximum Gasteiger partial charge on any atom is 0.243 e. The molecule has 19 heavy (non-hydrogen) atoms. The molecule has 1 heterocycles. The zero-order valence-corrected chi connectivity index (χ0v) is 13.5. The summed E-state index contributed by atoms with van der Waals surface area (Å²) in [6, 6.07) is 5.15. The molecule has 0 bridgehead atoms. The summed E-state index contributed by atoms with van der Waals surface area (Å²) in [7, 11) is -1.77. The monoisotopic (exact) mass is 347 g/mol. The van der Waals surface area contributed by atoms with Crippen LogP contribution in [0, 0.1) is 6.92 Å². The molecule has 0 saturated carbocycles. The molecule has 0 unspecified atom stereocenters. The SMILES string of the molecule is Cc1cc(S(=O)(=O)N(C)C2CCOCC2)ccc1Br. The van der Waals surface area contributed by atoms with E-state index < -0.39 is 10.0 Å². The molecule has 1 aromatic carbocycles. The number of nitrogens with zero attached hydrogens (tertiary/aromatic N) is 1. The fourth-order valence-electron chi connectivity index (χ4n) is 2.19. The molecule has 1 aromatic rings. The first-order valence-corrected chi connectivity index (χ1v) is 8.48. The summed E-state index contributed by atoms with van der Waals surface area (Å²) in [5, 5.41) is 0. The fourth-order valence-corrected chi connectivity index (χ4v) is 3.94. The van der Waals surface area contributed by atoms with Crippen LogP contribution in [0.25, 0.3) is 0 Å². The zero-order chi connectivity index (χ0) is 14.0. The quantitative estimate of drug-likeness (QED) is 0.844. The van der Waals surface area contributed by atoms with Gasteiger partial charge in [0.2, 0.25) is 10.0 Å². The van der Waals surface area contributed by atoms with Crippen molar-refractivity contribution in [2.75, 3.05) is 20.3 Å². The number of rotatable bonds is 3. The first kappa shape index (κ1) is 15.0. The Morgan fingerprint density at radius 3 is 2.53 bits per heavy atom. The van der Waals surface area contributed by atoms with E-state index in [9.17, 15) is 8.42 Å². The van der Waals surface area contributed by atoms with Gasteiger partial charge in [-0.05, 0) is 43.5 Å². The summed E-state index contributed by atoms with van der Waals surface area (Å²) < 4.78 is 32.8. The number of aryl methyl sites for hydroxylation is 1. The van der Waals surface area contributed by atoms with Crippen molar-refractivity contribution in [2.45, 2.75) is 30.7 Å².